The first-order valence-electron chi connectivity index (χ1n) is 6.01. The summed E-state index contributed by atoms with van der Waals surface area (Å²) in [5.41, 5.74) is 4.30. The molecule has 0 aliphatic carbocycles. The predicted molar refractivity (Wildman–Crippen MR) is 64.7 cm³/mol. The first-order chi connectivity index (χ1) is 9.38. The highest BCUT2D eigenvalue weighted by molar-refractivity contribution is 5.97. The molecule has 3 N–H and O–H groups in total. The third-order valence-electron chi connectivity index (χ3n) is 2.92. The van der Waals surface area contributed by atoms with Gasteiger partial charge in [0, 0.05) is 12.5 Å². The Morgan fingerprint density at radius 1 is 1.50 bits per heavy atom. The molecule has 20 heavy (non-hydrogen) atoms. The molecule has 5 nitrogen and oxygen atoms in total. The van der Waals surface area contributed by atoms with Gasteiger partial charge in [0.2, 0.25) is 5.88 Å². The number of aromatic nitrogens is 1. The van der Waals surface area contributed by atoms with Crippen molar-refractivity contribution < 1.29 is 22.6 Å². The molecule has 2 heterocycles. The maximum Gasteiger partial charge on any atom is 0.433 e. The van der Waals surface area contributed by atoms with Gasteiger partial charge in [-0.25, -0.2) is 4.98 Å². The van der Waals surface area contributed by atoms with Crippen molar-refractivity contribution in [1.82, 2.24) is 4.98 Å². The van der Waals surface area contributed by atoms with Gasteiger partial charge in [-0.2, -0.15) is 13.2 Å². The van der Waals surface area contributed by atoms with Gasteiger partial charge in [-0.05, 0) is 18.6 Å². The Labute approximate surface area is 113 Å². The smallest absolute Gasteiger partial charge is 0.433 e. The minimum Gasteiger partial charge on any atom is -0.477 e. The molecule has 8 heteroatoms. The molecule has 1 aromatic rings. The monoisotopic (exact) mass is 289 g/mol. The van der Waals surface area contributed by atoms with Crippen LogP contribution in [-0.2, 0) is 10.9 Å². The van der Waals surface area contributed by atoms with E-state index < -0.39 is 11.9 Å². The van der Waals surface area contributed by atoms with Gasteiger partial charge in [-0.1, -0.05) is 0 Å². The van der Waals surface area contributed by atoms with Gasteiger partial charge >= 0.3 is 6.18 Å². The molecule has 0 amide bonds. The van der Waals surface area contributed by atoms with Crippen molar-refractivity contribution >= 4 is 5.84 Å². The average Bonchev–Trinajstić information content (AvgIpc) is 2.87. The molecule has 1 aliphatic rings. The van der Waals surface area contributed by atoms with Gasteiger partial charge in [-0.15, -0.1) is 0 Å². The third kappa shape index (κ3) is 3.38. The molecule has 1 fully saturated rings. The summed E-state index contributed by atoms with van der Waals surface area (Å²) in [6.45, 7) is 1.31. The van der Waals surface area contributed by atoms with Crippen molar-refractivity contribution in [3.8, 4) is 5.88 Å². The Morgan fingerprint density at radius 3 is 2.80 bits per heavy atom. The normalized spacial score (nSPS) is 19.1. The zero-order chi connectivity index (χ0) is 14.8. The number of pyridine rings is 1. The molecule has 1 aromatic heterocycles. The van der Waals surface area contributed by atoms with Crippen LogP contribution in [0.2, 0.25) is 0 Å². The lowest BCUT2D eigenvalue weighted by molar-refractivity contribution is -0.141. The summed E-state index contributed by atoms with van der Waals surface area (Å²) in [7, 11) is 0. The van der Waals surface area contributed by atoms with Crippen LogP contribution in [0.1, 0.15) is 17.7 Å². The molecule has 0 saturated carbocycles. The molecule has 1 unspecified atom stereocenters. The van der Waals surface area contributed by atoms with Crippen LogP contribution in [0.25, 0.3) is 0 Å². The number of rotatable bonds is 4. The minimum atomic E-state index is -4.57. The first kappa shape index (κ1) is 14.6. The lowest BCUT2D eigenvalue weighted by atomic mass is 10.1. The van der Waals surface area contributed by atoms with Gasteiger partial charge in [-0.3, -0.25) is 5.41 Å². The molecule has 110 valence electrons. The fraction of sp³-hybridized carbons (Fsp3) is 0.500. The van der Waals surface area contributed by atoms with Gasteiger partial charge < -0.3 is 15.2 Å². The van der Waals surface area contributed by atoms with Crippen molar-refractivity contribution in [3.05, 3.63) is 23.4 Å². The number of hydrogen-bond donors (Lipinski definition) is 2. The molecule has 1 aliphatic heterocycles. The molecule has 2 rings (SSSR count). The zero-order valence-electron chi connectivity index (χ0n) is 10.5. The molecule has 1 atom stereocenters. The SMILES string of the molecule is N=C(N)c1ccc(C(F)(F)F)nc1OCC1CCOC1. The number of alkyl halides is 3. The Bertz CT molecular complexity index is 499. The van der Waals surface area contributed by atoms with E-state index in [1.165, 1.54) is 0 Å². The number of amidine groups is 1. The number of nitrogens with one attached hydrogen (secondary N) is 1. The second-order valence-corrected chi connectivity index (χ2v) is 4.50. The Balaban J connectivity index is 2.20. The van der Waals surface area contributed by atoms with Crippen LogP contribution in [0.4, 0.5) is 13.2 Å². The van der Waals surface area contributed by atoms with Crippen LogP contribution in [0.15, 0.2) is 12.1 Å². The summed E-state index contributed by atoms with van der Waals surface area (Å²) in [4.78, 5) is 3.42. The third-order valence-corrected chi connectivity index (χ3v) is 2.92. The van der Waals surface area contributed by atoms with Crippen molar-refractivity contribution in [3.63, 3.8) is 0 Å². The van der Waals surface area contributed by atoms with Crippen LogP contribution in [-0.4, -0.2) is 30.6 Å². The molecular formula is C12H14F3N3O2. The number of nitrogens with zero attached hydrogens (tertiary/aromatic N) is 1. The lowest BCUT2D eigenvalue weighted by Gasteiger charge is -2.14. The van der Waals surface area contributed by atoms with Crippen molar-refractivity contribution in [2.24, 2.45) is 11.7 Å². The van der Waals surface area contributed by atoms with Crippen molar-refractivity contribution in [2.45, 2.75) is 12.6 Å². The lowest BCUT2D eigenvalue weighted by Crippen LogP contribution is -2.19. The molecule has 0 radical (unpaired) electrons. The van der Waals surface area contributed by atoms with E-state index in [-0.39, 0.29) is 29.8 Å². The highest BCUT2D eigenvalue weighted by Crippen LogP contribution is 2.30. The Kier molecular flexibility index (Phi) is 4.12. The van der Waals surface area contributed by atoms with E-state index in [0.717, 1.165) is 18.6 Å². The maximum atomic E-state index is 12.6. The van der Waals surface area contributed by atoms with Gasteiger partial charge in [0.15, 0.2) is 0 Å². The summed E-state index contributed by atoms with van der Waals surface area (Å²) in [6, 6.07) is 1.88. The first-order valence-corrected chi connectivity index (χ1v) is 6.01. The second-order valence-electron chi connectivity index (χ2n) is 4.50. The minimum absolute atomic E-state index is 0.0527. The molecule has 1 saturated heterocycles. The fourth-order valence-electron chi connectivity index (χ4n) is 1.82. The topological polar surface area (TPSA) is 81.2 Å². The second kappa shape index (κ2) is 5.66. The molecule has 0 spiro atoms. The average molecular weight is 289 g/mol. The summed E-state index contributed by atoms with van der Waals surface area (Å²) < 4.78 is 48.3. The number of halogens is 3. The number of nitrogen functional groups attached to an aromatic ring is 1. The molecule has 0 aromatic carbocycles. The zero-order valence-corrected chi connectivity index (χ0v) is 10.5. The van der Waals surface area contributed by atoms with E-state index in [0.29, 0.717) is 13.2 Å². The van der Waals surface area contributed by atoms with Crippen LogP contribution < -0.4 is 10.5 Å². The van der Waals surface area contributed by atoms with Crippen LogP contribution in [0, 0.1) is 11.3 Å². The summed E-state index contributed by atoms with van der Waals surface area (Å²) in [5.74, 6) is -0.533. The number of hydrogen-bond acceptors (Lipinski definition) is 4. The molecular weight excluding hydrogens is 275 g/mol. The maximum absolute atomic E-state index is 12.6. The summed E-state index contributed by atoms with van der Waals surface area (Å²) >= 11 is 0. The van der Waals surface area contributed by atoms with Crippen molar-refractivity contribution in [2.75, 3.05) is 19.8 Å². The van der Waals surface area contributed by atoms with E-state index in [4.69, 9.17) is 20.6 Å². The van der Waals surface area contributed by atoms with E-state index in [2.05, 4.69) is 4.98 Å². The highest BCUT2D eigenvalue weighted by atomic mass is 19.4. The quantitative estimate of drug-likeness (QED) is 0.654. The van der Waals surface area contributed by atoms with Crippen LogP contribution in [0.5, 0.6) is 5.88 Å². The van der Waals surface area contributed by atoms with Crippen LogP contribution >= 0.6 is 0 Å². The highest BCUT2D eigenvalue weighted by Gasteiger charge is 2.33. The van der Waals surface area contributed by atoms with E-state index >= 15 is 0 Å². The number of nitrogens with two attached hydrogens (primary N) is 1. The predicted octanol–water partition coefficient (Wildman–Crippen LogP) is 1.80. The Morgan fingerprint density at radius 2 is 2.25 bits per heavy atom. The summed E-state index contributed by atoms with van der Waals surface area (Å²) in [6.07, 6.45) is -3.78. The Hall–Kier alpha value is -1.83. The van der Waals surface area contributed by atoms with Gasteiger partial charge in [0.1, 0.15) is 11.5 Å². The van der Waals surface area contributed by atoms with Gasteiger partial charge in [0.05, 0.1) is 18.8 Å². The van der Waals surface area contributed by atoms with E-state index in [1.807, 2.05) is 0 Å². The summed E-state index contributed by atoms with van der Waals surface area (Å²) in [5, 5.41) is 7.34. The molecule has 0 bridgehead atoms. The van der Waals surface area contributed by atoms with Crippen LogP contribution in [0.3, 0.4) is 0 Å². The van der Waals surface area contributed by atoms with Gasteiger partial charge in [0.25, 0.3) is 0 Å². The van der Waals surface area contributed by atoms with E-state index in [9.17, 15) is 13.2 Å². The largest absolute Gasteiger partial charge is 0.477 e. The number of ether oxygens (including phenoxy) is 2. The van der Waals surface area contributed by atoms with Crippen molar-refractivity contribution in [1.29, 1.82) is 5.41 Å². The van der Waals surface area contributed by atoms with E-state index in [1.54, 1.807) is 0 Å². The standard InChI is InChI=1S/C12H14F3N3O2/c13-12(14,15)9-2-1-8(10(16)17)11(18-9)20-6-7-3-4-19-5-7/h1-2,7H,3-6H2,(H3,16,17). The fourth-order valence-corrected chi connectivity index (χ4v) is 1.82.